The van der Waals surface area contributed by atoms with E-state index in [1.807, 2.05) is 24.4 Å². The topological polar surface area (TPSA) is 52.3 Å². The number of hydrogen-bond donors (Lipinski definition) is 1. The van der Waals surface area contributed by atoms with Crippen LogP contribution in [0.15, 0.2) is 29.6 Å². The number of nitrogens with two attached hydrogens (primary N) is 1. The van der Waals surface area contributed by atoms with Gasteiger partial charge in [-0.25, -0.2) is 4.79 Å². The third-order valence-corrected chi connectivity index (χ3v) is 3.68. The van der Waals surface area contributed by atoms with Gasteiger partial charge >= 0.3 is 5.97 Å². The number of esters is 1. The van der Waals surface area contributed by atoms with Gasteiger partial charge in [0.1, 0.15) is 10.6 Å². The molecular formula is C14H14ClNO2S. The molecule has 0 fully saturated rings. The molecule has 0 saturated carbocycles. The predicted octanol–water partition coefficient (Wildman–Crippen LogP) is 4.22. The summed E-state index contributed by atoms with van der Waals surface area (Å²) in [5, 5.41) is 2.99. The third kappa shape index (κ3) is 3.08. The average molecular weight is 296 g/mol. The van der Waals surface area contributed by atoms with E-state index in [0.717, 1.165) is 17.5 Å². The van der Waals surface area contributed by atoms with E-state index >= 15 is 0 Å². The fourth-order valence-corrected chi connectivity index (χ4v) is 2.63. The minimum atomic E-state index is -0.370. The third-order valence-electron chi connectivity index (χ3n) is 2.62. The minimum absolute atomic E-state index is 0.370. The summed E-state index contributed by atoms with van der Waals surface area (Å²) in [6.07, 6.45) is 0.784. The maximum absolute atomic E-state index is 12.0. The minimum Gasteiger partial charge on any atom is -0.462 e. The van der Waals surface area contributed by atoms with Crippen LogP contribution in [0.3, 0.4) is 0 Å². The molecular weight excluding hydrogens is 282 g/mol. The molecule has 0 unspecified atom stereocenters. The number of carbonyl (C=O) groups excluding carboxylic acids is 1. The monoisotopic (exact) mass is 295 g/mol. The van der Waals surface area contributed by atoms with Gasteiger partial charge < -0.3 is 10.5 Å². The van der Waals surface area contributed by atoms with Crippen LogP contribution in [0.4, 0.5) is 5.00 Å². The molecule has 100 valence electrons. The average Bonchev–Trinajstić information content (AvgIpc) is 2.79. The smallest absolute Gasteiger partial charge is 0.341 e. The summed E-state index contributed by atoms with van der Waals surface area (Å²) in [6, 6.07) is 7.29. The molecule has 0 bridgehead atoms. The molecule has 0 aliphatic rings. The van der Waals surface area contributed by atoms with Crippen molar-refractivity contribution in [3.05, 3.63) is 40.2 Å². The van der Waals surface area contributed by atoms with Crippen molar-refractivity contribution >= 4 is 33.9 Å². The molecule has 0 spiro atoms. The quantitative estimate of drug-likeness (QED) is 0.859. The summed E-state index contributed by atoms with van der Waals surface area (Å²) in [7, 11) is 0. The first-order valence-electron chi connectivity index (χ1n) is 5.93. The molecule has 19 heavy (non-hydrogen) atoms. The van der Waals surface area contributed by atoms with Crippen molar-refractivity contribution < 1.29 is 9.53 Å². The first-order chi connectivity index (χ1) is 9.13. The lowest BCUT2D eigenvalue weighted by Crippen LogP contribution is -2.08. The molecule has 1 aromatic carbocycles. The van der Waals surface area contributed by atoms with Crippen molar-refractivity contribution in [2.45, 2.75) is 13.3 Å². The Kier molecular flexibility index (Phi) is 4.45. The molecule has 0 radical (unpaired) electrons. The van der Waals surface area contributed by atoms with E-state index in [9.17, 15) is 4.79 Å². The second kappa shape index (κ2) is 6.08. The zero-order chi connectivity index (χ0) is 13.8. The zero-order valence-corrected chi connectivity index (χ0v) is 12.1. The predicted molar refractivity (Wildman–Crippen MR) is 79.8 cm³/mol. The SMILES string of the molecule is CCCOC(=O)c1c(-c2ccc(Cl)cc2)csc1N. The summed E-state index contributed by atoms with van der Waals surface area (Å²) in [5.74, 6) is -0.370. The Morgan fingerprint density at radius 3 is 2.68 bits per heavy atom. The lowest BCUT2D eigenvalue weighted by Gasteiger charge is -2.06. The number of nitrogen functional groups attached to an aromatic ring is 1. The van der Waals surface area contributed by atoms with Crippen molar-refractivity contribution in [2.75, 3.05) is 12.3 Å². The lowest BCUT2D eigenvalue weighted by atomic mass is 10.0. The highest BCUT2D eigenvalue weighted by molar-refractivity contribution is 7.14. The fourth-order valence-electron chi connectivity index (χ4n) is 1.69. The Hall–Kier alpha value is -1.52. The molecule has 2 aromatic rings. The zero-order valence-electron chi connectivity index (χ0n) is 10.5. The van der Waals surface area contributed by atoms with E-state index in [0.29, 0.717) is 22.2 Å². The van der Waals surface area contributed by atoms with Gasteiger partial charge in [0, 0.05) is 16.0 Å². The van der Waals surface area contributed by atoms with Crippen molar-refractivity contribution in [2.24, 2.45) is 0 Å². The number of anilines is 1. The number of carbonyl (C=O) groups is 1. The molecule has 1 aromatic heterocycles. The summed E-state index contributed by atoms with van der Waals surface area (Å²) in [5.41, 5.74) is 8.01. The highest BCUT2D eigenvalue weighted by Crippen LogP contribution is 2.34. The molecule has 2 rings (SSSR count). The highest BCUT2D eigenvalue weighted by atomic mass is 35.5. The standard InChI is InChI=1S/C14H14ClNO2S/c1-2-7-18-14(17)12-11(8-19-13(12)16)9-3-5-10(15)6-4-9/h3-6,8H,2,7,16H2,1H3. The van der Waals surface area contributed by atoms with Crippen LogP contribution in [0, 0.1) is 0 Å². The Balaban J connectivity index is 2.37. The van der Waals surface area contributed by atoms with E-state index in [4.69, 9.17) is 22.1 Å². The fraction of sp³-hybridized carbons (Fsp3) is 0.214. The van der Waals surface area contributed by atoms with Crippen LogP contribution in [-0.4, -0.2) is 12.6 Å². The van der Waals surface area contributed by atoms with E-state index in [1.54, 1.807) is 12.1 Å². The van der Waals surface area contributed by atoms with E-state index < -0.39 is 0 Å². The Bertz CT molecular complexity index is 578. The molecule has 0 saturated heterocycles. The van der Waals surface area contributed by atoms with Crippen LogP contribution >= 0.6 is 22.9 Å². The van der Waals surface area contributed by atoms with Gasteiger partial charge in [-0.2, -0.15) is 0 Å². The maximum atomic E-state index is 12.0. The molecule has 5 heteroatoms. The van der Waals surface area contributed by atoms with Crippen molar-refractivity contribution in [3.63, 3.8) is 0 Å². The number of thiophene rings is 1. The largest absolute Gasteiger partial charge is 0.462 e. The van der Waals surface area contributed by atoms with Gasteiger partial charge in [0.25, 0.3) is 0 Å². The van der Waals surface area contributed by atoms with Crippen LogP contribution in [0.2, 0.25) is 5.02 Å². The maximum Gasteiger partial charge on any atom is 0.341 e. The molecule has 0 atom stereocenters. The molecule has 2 N–H and O–H groups in total. The Labute approximate surface area is 121 Å². The van der Waals surface area contributed by atoms with Crippen LogP contribution in [0.1, 0.15) is 23.7 Å². The Morgan fingerprint density at radius 1 is 1.37 bits per heavy atom. The van der Waals surface area contributed by atoms with Crippen LogP contribution in [0.25, 0.3) is 11.1 Å². The summed E-state index contributed by atoms with van der Waals surface area (Å²) >= 11 is 7.20. The van der Waals surface area contributed by atoms with Gasteiger partial charge in [0.2, 0.25) is 0 Å². The number of ether oxygens (including phenoxy) is 1. The van der Waals surface area contributed by atoms with Gasteiger partial charge in [-0.1, -0.05) is 30.7 Å². The van der Waals surface area contributed by atoms with E-state index in [1.165, 1.54) is 11.3 Å². The first kappa shape index (κ1) is 13.9. The van der Waals surface area contributed by atoms with E-state index in [-0.39, 0.29) is 5.97 Å². The van der Waals surface area contributed by atoms with Crippen LogP contribution in [-0.2, 0) is 4.74 Å². The normalized spacial score (nSPS) is 10.4. The number of rotatable bonds is 4. The molecule has 1 heterocycles. The molecule has 3 nitrogen and oxygen atoms in total. The van der Waals surface area contributed by atoms with Crippen molar-refractivity contribution in [3.8, 4) is 11.1 Å². The number of benzene rings is 1. The summed E-state index contributed by atoms with van der Waals surface area (Å²) < 4.78 is 5.16. The lowest BCUT2D eigenvalue weighted by molar-refractivity contribution is 0.0508. The number of halogens is 1. The molecule has 0 amide bonds. The summed E-state index contributed by atoms with van der Waals surface area (Å²) in [6.45, 7) is 2.35. The summed E-state index contributed by atoms with van der Waals surface area (Å²) in [4.78, 5) is 12.0. The van der Waals surface area contributed by atoms with Gasteiger partial charge in [0.05, 0.1) is 6.61 Å². The van der Waals surface area contributed by atoms with Crippen molar-refractivity contribution in [1.29, 1.82) is 0 Å². The highest BCUT2D eigenvalue weighted by Gasteiger charge is 2.19. The second-order valence-corrected chi connectivity index (χ2v) is 5.38. The van der Waals surface area contributed by atoms with Gasteiger partial charge in [-0.15, -0.1) is 11.3 Å². The number of hydrogen-bond acceptors (Lipinski definition) is 4. The van der Waals surface area contributed by atoms with Crippen LogP contribution in [0.5, 0.6) is 0 Å². The molecule has 0 aliphatic carbocycles. The van der Waals surface area contributed by atoms with Crippen LogP contribution < -0.4 is 5.73 Å². The second-order valence-electron chi connectivity index (χ2n) is 4.03. The first-order valence-corrected chi connectivity index (χ1v) is 7.19. The van der Waals surface area contributed by atoms with Gasteiger partial charge in [-0.05, 0) is 24.1 Å². The van der Waals surface area contributed by atoms with Crippen molar-refractivity contribution in [1.82, 2.24) is 0 Å². The Morgan fingerprint density at radius 2 is 2.05 bits per heavy atom. The molecule has 0 aliphatic heterocycles. The van der Waals surface area contributed by atoms with Gasteiger partial charge in [0.15, 0.2) is 0 Å². The van der Waals surface area contributed by atoms with E-state index in [2.05, 4.69) is 0 Å². The van der Waals surface area contributed by atoms with Gasteiger partial charge in [-0.3, -0.25) is 0 Å².